The van der Waals surface area contributed by atoms with Gasteiger partial charge in [0.15, 0.2) is 0 Å². The van der Waals surface area contributed by atoms with E-state index in [1.807, 2.05) is 20.8 Å². The number of aryl methyl sites for hydroxylation is 1. The first-order valence-corrected chi connectivity index (χ1v) is 9.82. The standard InChI is InChI=1S/C23H24FN3O3/c1-13-9-14(24)10-17-16(13)12-18(26-17)21(28)25-15-5-6-20-19(11-15)27(7-8-30-20)22(29)23(2,3)4/h5-6,9-12,26H,7-8H2,1-4H3,(H,25,28). The van der Waals surface area contributed by atoms with Crippen LogP contribution in [0.25, 0.3) is 10.9 Å². The summed E-state index contributed by atoms with van der Waals surface area (Å²) in [5.41, 5.74) is 2.29. The quantitative estimate of drug-likeness (QED) is 0.648. The Hall–Kier alpha value is -3.35. The molecular formula is C23H24FN3O3. The van der Waals surface area contributed by atoms with Crippen LogP contribution in [0.3, 0.4) is 0 Å². The highest BCUT2D eigenvalue weighted by Crippen LogP contribution is 2.36. The number of nitrogens with zero attached hydrogens (tertiary/aromatic N) is 1. The molecule has 2 aromatic carbocycles. The van der Waals surface area contributed by atoms with Gasteiger partial charge in [0, 0.05) is 22.0 Å². The molecule has 0 saturated heterocycles. The Balaban J connectivity index is 1.62. The molecule has 2 N–H and O–H groups in total. The van der Waals surface area contributed by atoms with Gasteiger partial charge in [-0.05, 0) is 48.9 Å². The minimum atomic E-state index is -0.536. The van der Waals surface area contributed by atoms with E-state index in [9.17, 15) is 14.0 Å². The minimum absolute atomic E-state index is 0.0105. The summed E-state index contributed by atoms with van der Waals surface area (Å²) in [4.78, 5) is 30.3. The number of aromatic nitrogens is 1. The van der Waals surface area contributed by atoms with Gasteiger partial charge in [-0.25, -0.2) is 4.39 Å². The third-order valence-electron chi connectivity index (χ3n) is 5.12. The van der Waals surface area contributed by atoms with Gasteiger partial charge in [0.05, 0.1) is 12.2 Å². The first-order valence-electron chi connectivity index (χ1n) is 9.82. The van der Waals surface area contributed by atoms with Crippen molar-refractivity contribution in [2.24, 2.45) is 5.41 Å². The third-order valence-corrected chi connectivity index (χ3v) is 5.12. The SMILES string of the molecule is Cc1cc(F)cc2[nH]c(C(=O)Nc3ccc4c(c3)N(C(=O)C(C)(C)C)CCO4)cc12. The number of halogens is 1. The molecule has 1 aromatic heterocycles. The zero-order valence-electron chi connectivity index (χ0n) is 17.4. The van der Waals surface area contributed by atoms with Gasteiger partial charge in [-0.3, -0.25) is 9.59 Å². The Kier molecular flexibility index (Phi) is 4.76. The molecule has 0 atom stereocenters. The number of hydrogen-bond donors (Lipinski definition) is 2. The molecule has 0 bridgehead atoms. The summed E-state index contributed by atoms with van der Waals surface area (Å²) in [5, 5.41) is 3.64. The predicted octanol–water partition coefficient (Wildman–Crippen LogP) is 4.64. The number of carbonyl (C=O) groups excluding carboxylic acids is 2. The first kappa shape index (κ1) is 19.9. The summed E-state index contributed by atoms with van der Waals surface area (Å²) in [5.74, 6) is -0.110. The molecule has 156 valence electrons. The summed E-state index contributed by atoms with van der Waals surface area (Å²) in [6, 6.07) is 9.72. The highest BCUT2D eigenvalue weighted by atomic mass is 19.1. The fraction of sp³-hybridized carbons (Fsp3) is 0.304. The zero-order valence-corrected chi connectivity index (χ0v) is 17.4. The maximum atomic E-state index is 13.6. The second-order valence-electron chi connectivity index (χ2n) is 8.56. The Morgan fingerprint density at radius 2 is 1.93 bits per heavy atom. The molecule has 0 aliphatic carbocycles. The van der Waals surface area contributed by atoms with Crippen LogP contribution in [-0.4, -0.2) is 29.9 Å². The second-order valence-corrected chi connectivity index (χ2v) is 8.56. The van der Waals surface area contributed by atoms with Crippen LogP contribution < -0.4 is 15.0 Å². The summed E-state index contributed by atoms with van der Waals surface area (Å²) < 4.78 is 19.3. The summed E-state index contributed by atoms with van der Waals surface area (Å²) in [7, 11) is 0. The van der Waals surface area contributed by atoms with Crippen molar-refractivity contribution < 1.29 is 18.7 Å². The van der Waals surface area contributed by atoms with E-state index < -0.39 is 5.41 Å². The van der Waals surface area contributed by atoms with Crippen molar-refractivity contribution in [1.29, 1.82) is 0 Å². The molecule has 2 heterocycles. The van der Waals surface area contributed by atoms with Gasteiger partial charge < -0.3 is 19.9 Å². The topological polar surface area (TPSA) is 74.4 Å². The lowest BCUT2D eigenvalue weighted by Crippen LogP contribution is -2.44. The molecule has 0 fully saturated rings. The molecule has 1 aliphatic rings. The van der Waals surface area contributed by atoms with Crippen LogP contribution in [0.15, 0.2) is 36.4 Å². The lowest BCUT2D eigenvalue weighted by atomic mass is 9.94. The fourth-order valence-corrected chi connectivity index (χ4v) is 3.61. The van der Waals surface area contributed by atoms with Crippen molar-refractivity contribution in [3.8, 4) is 5.75 Å². The lowest BCUT2D eigenvalue weighted by Gasteiger charge is -2.34. The largest absolute Gasteiger partial charge is 0.490 e. The monoisotopic (exact) mass is 409 g/mol. The molecule has 4 rings (SSSR count). The molecule has 3 aromatic rings. The maximum absolute atomic E-state index is 13.6. The zero-order chi connectivity index (χ0) is 21.6. The van der Waals surface area contributed by atoms with Crippen LogP contribution in [0.2, 0.25) is 0 Å². The van der Waals surface area contributed by atoms with Gasteiger partial charge in [0.25, 0.3) is 5.91 Å². The molecule has 7 heteroatoms. The average molecular weight is 409 g/mol. The highest BCUT2D eigenvalue weighted by molar-refractivity contribution is 6.07. The van der Waals surface area contributed by atoms with E-state index in [2.05, 4.69) is 10.3 Å². The number of rotatable bonds is 2. The fourth-order valence-electron chi connectivity index (χ4n) is 3.61. The van der Waals surface area contributed by atoms with Crippen molar-refractivity contribution >= 4 is 34.1 Å². The van der Waals surface area contributed by atoms with Gasteiger partial charge in [0.1, 0.15) is 23.9 Å². The number of ether oxygens (including phenoxy) is 1. The van der Waals surface area contributed by atoms with Crippen LogP contribution in [0.4, 0.5) is 15.8 Å². The molecule has 0 radical (unpaired) electrons. The smallest absolute Gasteiger partial charge is 0.272 e. The predicted molar refractivity (Wildman–Crippen MR) is 115 cm³/mol. The molecule has 1 aliphatic heterocycles. The van der Waals surface area contributed by atoms with Crippen molar-refractivity contribution in [1.82, 2.24) is 4.98 Å². The van der Waals surface area contributed by atoms with E-state index in [1.54, 1.807) is 36.1 Å². The normalized spacial score (nSPS) is 13.7. The minimum Gasteiger partial charge on any atom is -0.490 e. The number of fused-ring (bicyclic) bond motifs is 2. The Bertz CT molecular complexity index is 1160. The Morgan fingerprint density at radius 3 is 2.67 bits per heavy atom. The second kappa shape index (κ2) is 7.16. The molecule has 2 amide bonds. The number of amides is 2. The van der Waals surface area contributed by atoms with Crippen LogP contribution in [-0.2, 0) is 4.79 Å². The maximum Gasteiger partial charge on any atom is 0.272 e. The summed E-state index contributed by atoms with van der Waals surface area (Å²) >= 11 is 0. The van der Waals surface area contributed by atoms with Crippen molar-refractivity contribution in [3.63, 3.8) is 0 Å². The number of carbonyl (C=O) groups is 2. The molecular weight excluding hydrogens is 385 g/mol. The van der Waals surface area contributed by atoms with E-state index in [1.165, 1.54) is 12.1 Å². The van der Waals surface area contributed by atoms with E-state index >= 15 is 0 Å². The van der Waals surface area contributed by atoms with Gasteiger partial charge >= 0.3 is 0 Å². The number of H-pyrrole nitrogens is 1. The van der Waals surface area contributed by atoms with Crippen LogP contribution in [0, 0.1) is 18.2 Å². The third kappa shape index (κ3) is 3.63. The highest BCUT2D eigenvalue weighted by Gasteiger charge is 2.32. The molecule has 0 saturated carbocycles. The first-order chi connectivity index (χ1) is 14.1. The molecule has 0 spiro atoms. The van der Waals surface area contributed by atoms with E-state index in [0.717, 1.165) is 10.9 Å². The van der Waals surface area contributed by atoms with Crippen molar-refractivity contribution in [2.45, 2.75) is 27.7 Å². The summed E-state index contributed by atoms with van der Waals surface area (Å²) in [6.45, 7) is 8.29. The van der Waals surface area contributed by atoms with Gasteiger partial charge in [0.2, 0.25) is 5.91 Å². The average Bonchev–Trinajstić information content (AvgIpc) is 3.11. The van der Waals surface area contributed by atoms with Gasteiger partial charge in [-0.1, -0.05) is 20.8 Å². The molecule has 0 unspecified atom stereocenters. The number of hydrogen-bond acceptors (Lipinski definition) is 3. The number of benzene rings is 2. The van der Waals surface area contributed by atoms with Gasteiger partial charge in [-0.15, -0.1) is 0 Å². The van der Waals surface area contributed by atoms with Crippen LogP contribution in [0.1, 0.15) is 36.8 Å². The number of aromatic amines is 1. The summed E-state index contributed by atoms with van der Waals surface area (Å²) in [6.07, 6.45) is 0. The van der Waals surface area contributed by atoms with Crippen molar-refractivity contribution in [3.05, 3.63) is 53.5 Å². The number of nitrogens with one attached hydrogen (secondary N) is 2. The van der Waals surface area contributed by atoms with E-state index in [0.29, 0.717) is 41.5 Å². The lowest BCUT2D eigenvalue weighted by molar-refractivity contribution is -0.126. The van der Waals surface area contributed by atoms with Crippen LogP contribution >= 0.6 is 0 Å². The Labute approximate surface area is 174 Å². The Morgan fingerprint density at radius 1 is 1.17 bits per heavy atom. The van der Waals surface area contributed by atoms with Gasteiger partial charge in [-0.2, -0.15) is 0 Å². The molecule has 6 nitrogen and oxygen atoms in total. The van der Waals surface area contributed by atoms with E-state index in [-0.39, 0.29) is 17.6 Å². The molecule has 30 heavy (non-hydrogen) atoms. The van der Waals surface area contributed by atoms with Crippen LogP contribution in [0.5, 0.6) is 5.75 Å². The van der Waals surface area contributed by atoms with Crippen molar-refractivity contribution in [2.75, 3.05) is 23.4 Å². The number of anilines is 2. The van der Waals surface area contributed by atoms with E-state index in [4.69, 9.17) is 4.74 Å².